The predicted molar refractivity (Wildman–Crippen MR) is 155 cm³/mol. The summed E-state index contributed by atoms with van der Waals surface area (Å²) < 4.78 is 0. The van der Waals surface area contributed by atoms with Crippen molar-refractivity contribution < 1.29 is 9.59 Å². The highest BCUT2D eigenvalue weighted by Crippen LogP contribution is 2.41. The van der Waals surface area contributed by atoms with Gasteiger partial charge >= 0.3 is 0 Å². The second kappa shape index (κ2) is 14.1. The Morgan fingerprint density at radius 3 is 2.29 bits per heavy atom. The lowest BCUT2D eigenvalue weighted by atomic mass is 9.75. The number of aliphatic imine (C=N–C) groups is 1. The molecule has 0 saturated heterocycles. The number of nitrogens with zero attached hydrogens (tertiary/aromatic N) is 2. The number of hydrogen-bond acceptors (Lipinski definition) is 4. The van der Waals surface area contributed by atoms with Crippen LogP contribution in [0.1, 0.15) is 121 Å². The second-order valence-corrected chi connectivity index (χ2v) is 12.2. The molecule has 1 atom stereocenters. The SMILES string of the molecule is CCCCNC(=O)CCc1ccc(CN2C(=O)C(CCC3CCCCC3)(CC3CCCCC3)N=C2N)cc1. The summed E-state index contributed by atoms with van der Waals surface area (Å²) >= 11 is 0. The number of hydrogen-bond donors (Lipinski definition) is 2. The maximum Gasteiger partial charge on any atom is 0.257 e. The summed E-state index contributed by atoms with van der Waals surface area (Å²) in [4.78, 5) is 32.8. The summed E-state index contributed by atoms with van der Waals surface area (Å²) in [6.45, 7) is 3.34. The second-order valence-electron chi connectivity index (χ2n) is 12.2. The lowest BCUT2D eigenvalue weighted by molar-refractivity contribution is -0.132. The van der Waals surface area contributed by atoms with Gasteiger partial charge in [0.15, 0.2) is 5.96 Å². The van der Waals surface area contributed by atoms with Crippen LogP contribution in [0, 0.1) is 11.8 Å². The number of guanidine groups is 1. The van der Waals surface area contributed by atoms with Gasteiger partial charge in [-0.3, -0.25) is 14.5 Å². The van der Waals surface area contributed by atoms with Crippen LogP contribution in [0.3, 0.4) is 0 Å². The summed E-state index contributed by atoms with van der Waals surface area (Å²) in [7, 11) is 0. The van der Waals surface area contributed by atoms with Gasteiger partial charge in [-0.2, -0.15) is 0 Å². The van der Waals surface area contributed by atoms with E-state index in [0.29, 0.717) is 24.8 Å². The summed E-state index contributed by atoms with van der Waals surface area (Å²) in [6.07, 6.45) is 19.0. The number of nitrogens with one attached hydrogen (secondary N) is 1. The number of benzene rings is 1. The fourth-order valence-electron chi connectivity index (χ4n) is 6.77. The van der Waals surface area contributed by atoms with Crippen molar-refractivity contribution in [3.8, 4) is 0 Å². The molecule has 0 spiro atoms. The van der Waals surface area contributed by atoms with E-state index in [-0.39, 0.29) is 11.8 Å². The van der Waals surface area contributed by atoms with Crippen molar-refractivity contribution in [1.29, 1.82) is 0 Å². The van der Waals surface area contributed by atoms with Gasteiger partial charge < -0.3 is 11.1 Å². The van der Waals surface area contributed by atoms with E-state index in [1.54, 1.807) is 4.90 Å². The molecule has 1 aromatic carbocycles. The van der Waals surface area contributed by atoms with E-state index in [1.807, 2.05) is 0 Å². The third-order valence-electron chi connectivity index (χ3n) is 9.15. The standard InChI is InChI=1S/C32H50N4O2/c1-2-3-22-34-29(37)19-18-26-14-16-28(17-15-26)24-36-30(38)32(35-31(36)33,23-27-12-8-5-9-13-27)21-20-25-10-6-4-7-11-25/h14-17,25,27H,2-13,18-24H2,1H3,(H2,33,35)(H,34,37). The third kappa shape index (κ3) is 7.83. The molecule has 2 amide bonds. The number of aryl methyl sites for hydroxylation is 1. The normalized spacial score (nSPS) is 23.0. The van der Waals surface area contributed by atoms with Crippen LogP contribution in [-0.4, -0.2) is 34.8 Å². The molecule has 6 nitrogen and oxygen atoms in total. The number of carbonyl (C=O) groups excluding carboxylic acids is 2. The van der Waals surface area contributed by atoms with E-state index in [1.165, 1.54) is 64.2 Å². The molecule has 4 rings (SSSR count). The molecule has 3 aliphatic rings. The van der Waals surface area contributed by atoms with Gasteiger partial charge in [0.05, 0.1) is 6.54 Å². The minimum Gasteiger partial charge on any atom is -0.369 e. The topological polar surface area (TPSA) is 87.8 Å². The maximum absolute atomic E-state index is 14.0. The number of nitrogens with two attached hydrogens (primary N) is 1. The van der Waals surface area contributed by atoms with Crippen LogP contribution in [0.15, 0.2) is 29.3 Å². The maximum atomic E-state index is 14.0. The first-order valence-electron chi connectivity index (χ1n) is 15.5. The first kappa shape index (κ1) is 28.6. The lowest BCUT2D eigenvalue weighted by Gasteiger charge is -2.33. The quantitative estimate of drug-likeness (QED) is 0.300. The van der Waals surface area contributed by atoms with Crippen LogP contribution in [0.5, 0.6) is 0 Å². The Morgan fingerprint density at radius 2 is 1.63 bits per heavy atom. The average molecular weight is 523 g/mol. The van der Waals surface area contributed by atoms with Crippen molar-refractivity contribution in [2.75, 3.05) is 6.54 Å². The highest BCUT2D eigenvalue weighted by molar-refractivity contribution is 6.06. The van der Waals surface area contributed by atoms with Crippen molar-refractivity contribution >= 4 is 17.8 Å². The molecule has 1 heterocycles. The van der Waals surface area contributed by atoms with E-state index >= 15 is 0 Å². The molecule has 0 radical (unpaired) electrons. The zero-order chi connectivity index (χ0) is 26.8. The summed E-state index contributed by atoms with van der Waals surface area (Å²) in [5.41, 5.74) is 7.99. The molecule has 210 valence electrons. The van der Waals surface area contributed by atoms with Crippen LogP contribution in [-0.2, 0) is 22.6 Å². The summed E-state index contributed by atoms with van der Waals surface area (Å²) in [5.74, 6) is 1.92. The number of carbonyl (C=O) groups is 2. The molecular formula is C32H50N4O2. The zero-order valence-corrected chi connectivity index (χ0v) is 23.7. The predicted octanol–water partition coefficient (Wildman–Crippen LogP) is 6.26. The fraction of sp³-hybridized carbons (Fsp3) is 0.719. The largest absolute Gasteiger partial charge is 0.369 e. The van der Waals surface area contributed by atoms with Gasteiger partial charge in [-0.05, 0) is 55.1 Å². The highest BCUT2D eigenvalue weighted by Gasteiger charge is 2.48. The Bertz CT molecular complexity index is 931. The van der Waals surface area contributed by atoms with Crippen molar-refractivity contribution in [3.63, 3.8) is 0 Å². The van der Waals surface area contributed by atoms with E-state index in [0.717, 1.165) is 62.1 Å². The Hall–Kier alpha value is -2.37. The van der Waals surface area contributed by atoms with Crippen molar-refractivity contribution in [2.24, 2.45) is 22.6 Å². The van der Waals surface area contributed by atoms with Crippen molar-refractivity contribution in [2.45, 2.75) is 128 Å². The van der Waals surface area contributed by atoms with Gasteiger partial charge in [0.1, 0.15) is 5.54 Å². The molecule has 38 heavy (non-hydrogen) atoms. The molecule has 3 N–H and O–H groups in total. The molecule has 1 aliphatic heterocycles. The van der Waals surface area contributed by atoms with Crippen molar-refractivity contribution in [3.05, 3.63) is 35.4 Å². The van der Waals surface area contributed by atoms with Gasteiger partial charge in [-0.25, -0.2) is 4.99 Å². The molecule has 1 aromatic rings. The zero-order valence-electron chi connectivity index (χ0n) is 23.7. The molecule has 2 aliphatic carbocycles. The Labute approximate surface area is 230 Å². The molecule has 2 fully saturated rings. The van der Waals surface area contributed by atoms with Gasteiger partial charge in [-0.1, -0.05) is 102 Å². The first-order valence-corrected chi connectivity index (χ1v) is 15.5. The Kier molecular flexibility index (Phi) is 10.7. The Morgan fingerprint density at radius 1 is 1.00 bits per heavy atom. The van der Waals surface area contributed by atoms with E-state index in [2.05, 4.69) is 36.5 Å². The molecule has 2 saturated carbocycles. The third-order valence-corrected chi connectivity index (χ3v) is 9.15. The van der Waals surface area contributed by atoms with Gasteiger partial charge in [0.25, 0.3) is 5.91 Å². The minimum atomic E-state index is -0.672. The summed E-state index contributed by atoms with van der Waals surface area (Å²) in [6, 6.07) is 8.27. The number of amides is 2. The van der Waals surface area contributed by atoms with Gasteiger partial charge in [0.2, 0.25) is 5.91 Å². The highest BCUT2D eigenvalue weighted by atomic mass is 16.2. The molecule has 0 aromatic heterocycles. The van der Waals surface area contributed by atoms with Gasteiger partial charge in [0, 0.05) is 13.0 Å². The van der Waals surface area contributed by atoms with Crippen molar-refractivity contribution in [1.82, 2.24) is 10.2 Å². The number of unbranched alkanes of at least 4 members (excludes halogenated alkanes) is 1. The minimum absolute atomic E-state index is 0.108. The van der Waals surface area contributed by atoms with Crippen LogP contribution < -0.4 is 11.1 Å². The lowest BCUT2D eigenvalue weighted by Crippen LogP contribution is -2.45. The van der Waals surface area contributed by atoms with Crippen LogP contribution in [0.25, 0.3) is 0 Å². The molecule has 0 bridgehead atoms. The van der Waals surface area contributed by atoms with E-state index < -0.39 is 5.54 Å². The summed E-state index contributed by atoms with van der Waals surface area (Å²) in [5, 5.41) is 2.98. The first-order chi connectivity index (χ1) is 18.5. The van der Waals surface area contributed by atoms with E-state index in [4.69, 9.17) is 10.7 Å². The average Bonchev–Trinajstić information content (AvgIpc) is 3.17. The molecule has 6 heteroatoms. The van der Waals surface area contributed by atoms with Crippen LogP contribution in [0.2, 0.25) is 0 Å². The molecule has 1 unspecified atom stereocenters. The Balaban J connectivity index is 1.37. The monoisotopic (exact) mass is 522 g/mol. The molecular weight excluding hydrogens is 472 g/mol. The fourth-order valence-corrected chi connectivity index (χ4v) is 6.77. The number of rotatable bonds is 13. The van der Waals surface area contributed by atoms with Crippen LogP contribution >= 0.6 is 0 Å². The van der Waals surface area contributed by atoms with Crippen LogP contribution in [0.4, 0.5) is 0 Å². The smallest absolute Gasteiger partial charge is 0.257 e. The van der Waals surface area contributed by atoms with Gasteiger partial charge in [-0.15, -0.1) is 0 Å². The van der Waals surface area contributed by atoms with E-state index in [9.17, 15) is 9.59 Å².